The monoisotopic (exact) mass is 962 g/mol. The van der Waals surface area contributed by atoms with E-state index in [1.807, 2.05) is 36.4 Å². The molecule has 2 aromatic carbocycles. The topological polar surface area (TPSA) is 288 Å². The number of piperidine rings is 2. The molecule has 24 heteroatoms. The molecule has 0 bridgehead atoms. The second-order valence-electron chi connectivity index (χ2n) is 15.8. The van der Waals surface area contributed by atoms with Crippen molar-refractivity contribution >= 4 is 75.8 Å². The van der Waals surface area contributed by atoms with Gasteiger partial charge in [-0.05, 0) is 87.3 Å². The zero-order chi connectivity index (χ0) is 47.3. The average Bonchev–Trinajstić information content (AvgIpc) is 4.09. The Kier molecular flexibility index (Phi) is 13.2. The third-order valence-corrected chi connectivity index (χ3v) is 11.5. The highest BCUT2D eigenvalue weighted by atomic mass is 35.5. The lowest BCUT2D eigenvalue weighted by Crippen LogP contribution is -2.40. The molecule has 350 valence electrons. The van der Waals surface area contributed by atoms with Crippen LogP contribution in [0.3, 0.4) is 0 Å². The summed E-state index contributed by atoms with van der Waals surface area (Å²) >= 11 is 12.3. The van der Waals surface area contributed by atoms with E-state index < -0.39 is 11.4 Å². The van der Waals surface area contributed by atoms with Crippen molar-refractivity contribution in [2.45, 2.75) is 37.8 Å². The number of halogens is 2. The Morgan fingerprint density at radius 2 is 1.19 bits per heavy atom. The number of imidazole rings is 2. The number of carbonyl (C=O) groups is 1. The number of anilines is 4. The van der Waals surface area contributed by atoms with E-state index >= 15 is 0 Å². The van der Waals surface area contributed by atoms with Crippen molar-refractivity contribution in [1.82, 2.24) is 59.3 Å². The fraction of sp³-hybridized carbons (Fsp3) is 0.250. The number of nitrogens with zero attached hydrogens (tertiary/aromatic N) is 9. The van der Waals surface area contributed by atoms with Crippen LogP contribution >= 0.6 is 23.2 Å². The second kappa shape index (κ2) is 19.9. The Hall–Kier alpha value is -7.95. The molecule has 22 nitrogen and oxygen atoms in total. The number of hydrogen-bond acceptors (Lipinski definition) is 15. The van der Waals surface area contributed by atoms with Crippen LogP contribution in [0.5, 0.6) is 11.8 Å². The summed E-state index contributed by atoms with van der Waals surface area (Å²) in [5.74, 6) is 0.559. The van der Waals surface area contributed by atoms with Crippen LogP contribution in [-0.4, -0.2) is 116 Å². The van der Waals surface area contributed by atoms with Gasteiger partial charge in [0.1, 0.15) is 23.0 Å². The lowest BCUT2D eigenvalue weighted by Gasteiger charge is -2.28. The number of rotatable bonds is 8. The van der Waals surface area contributed by atoms with E-state index in [4.69, 9.17) is 47.9 Å². The number of likely N-dealkylation sites (tertiary alicyclic amines) is 1. The van der Waals surface area contributed by atoms with Gasteiger partial charge in [-0.2, -0.15) is 19.2 Å². The molecule has 8 aromatic rings. The summed E-state index contributed by atoms with van der Waals surface area (Å²) < 4.78 is 8.08. The molecular formula is C44H44Cl2N16O6. The zero-order valence-corrected chi connectivity index (χ0v) is 37.7. The van der Waals surface area contributed by atoms with E-state index in [0.29, 0.717) is 80.3 Å². The molecule has 9 N–H and O–H groups in total. The second-order valence-corrected chi connectivity index (χ2v) is 16.7. The van der Waals surface area contributed by atoms with Crippen LogP contribution in [0.4, 0.5) is 27.8 Å². The first-order valence-corrected chi connectivity index (χ1v) is 22.2. The lowest BCUT2D eigenvalue weighted by molar-refractivity contribution is 0.112. The third-order valence-electron chi connectivity index (χ3n) is 11.1. The van der Waals surface area contributed by atoms with Crippen LogP contribution < -0.4 is 48.7 Å². The zero-order valence-electron chi connectivity index (χ0n) is 36.2. The molecule has 0 radical (unpaired) electrons. The normalized spacial score (nSPS) is 15.8. The summed E-state index contributed by atoms with van der Waals surface area (Å²) in [6.07, 6.45) is 9.28. The molecule has 0 saturated carbocycles. The summed E-state index contributed by atoms with van der Waals surface area (Å²) in [4.78, 5) is 65.4. The maximum absolute atomic E-state index is 11.8. The molecule has 2 saturated heterocycles. The molecule has 0 atom stereocenters. The third kappa shape index (κ3) is 10.5. The molecule has 10 rings (SSSR count). The van der Waals surface area contributed by atoms with Crippen molar-refractivity contribution < 1.29 is 19.7 Å². The predicted molar refractivity (Wildman–Crippen MR) is 253 cm³/mol. The number of benzene rings is 2. The van der Waals surface area contributed by atoms with Gasteiger partial charge in [0.2, 0.25) is 11.8 Å². The maximum Gasteiger partial charge on any atom is 0.409 e. The van der Waals surface area contributed by atoms with Crippen molar-refractivity contribution in [3.8, 4) is 11.8 Å². The van der Waals surface area contributed by atoms with Crippen LogP contribution in [0, 0.1) is 0 Å². The van der Waals surface area contributed by atoms with Crippen molar-refractivity contribution in [3.63, 3.8) is 0 Å². The van der Waals surface area contributed by atoms with Gasteiger partial charge in [0.15, 0.2) is 22.3 Å². The fourth-order valence-corrected chi connectivity index (χ4v) is 8.16. The molecule has 0 aliphatic carbocycles. The largest absolute Gasteiger partial charge is 0.493 e. The Morgan fingerprint density at radius 1 is 0.721 bits per heavy atom. The lowest BCUT2D eigenvalue weighted by atomic mass is 10.1. The van der Waals surface area contributed by atoms with Gasteiger partial charge in [0.25, 0.3) is 0 Å². The molecule has 2 fully saturated rings. The van der Waals surface area contributed by atoms with Crippen molar-refractivity contribution in [2.75, 3.05) is 43.9 Å². The highest BCUT2D eigenvalue weighted by Gasteiger charge is 2.23. The number of aromatic amines is 4. The SMILES string of the molecule is COC(=O)N1CCC(N=c2cc(Nc3cccc(Cl)c3)nc3c(=Cc4[nH]c(=O)[nH]c4O)cnn23)CC1.O=c1[nH]c(O)c(C=c2cnn3c(=NC4CCNCC4)cc(Nc4cccc(Cl)c4)nc23)[nH]1. The van der Waals surface area contributed by atoms with Gasteiger partial charge in [-0.1, -0.05) is 35.3 Å². The van der Waals surface area contributed by atoms with Crippen LogP contribution in [0.2, 0.25) is 10.0 Å². The van der Waals surface area contributed by atoms with E-state index in [2.05, 4.69) is 46.1 Å². The molecule has 2 aliphatic heterocycles. The number of ether oxygens (including phenoxy) is 1. The van der Waals surface area contributed by atoms with E-state index in [-0.39, 0.29) is 41.3 Å². The van der Waals surface area contributed by atoms with Gasteiger partial charge in [-0.15, -0.1) is 0 Å². The predicted octanol–water partition coefficient (Wildman–Crippen LogP) is 2.58. The summed E-state index contributed by atoms with van der Waals surface area (Å²) in [5, 5.41) is 41.1. The molecular weight excluding hydrogens is 919 g/mol. The van der Waals surface area contributed by atoms with E-state index in [0.717, 1.165) is 37.3 Å². The van der Waals surface area contributed by atoms with Crippen molar-refractivity contribution in [1.29, 1.82) is 0 Å². The van der Waals surface area contributed by atoms with Crippen LogP contribution in [0.15, 0.2) is 92.6 Å². The summed E-state index contributed by atoms with van der Waals surface area (Å²) in [7, 11) is 1.37. The maximum atomic E-state index is 11.8. The molecule has 6 aromatic heterocycles. The molecule has 8 heterocycles. The Bertz CT molecular complexity index is 3510. The van der Waals surface area contributed by atoms with Gasteiger partial charge in [-0.3, -0.25) is 20.0 Å². The van der Waals surface area contributed by atoms with Crippen LogP contribution in [0.25, 0.3) is 23.4 Å². The number of nitrogens with one attached hydrogen (secondary N) is 7. The van der Waals surface area contributed by atoms with E-state index in [1.54, 1.807) is 62.7 Å². The highest BCUT2D eigenvalue weighted by Crippen LogP contribution is 2.21. The van der Waals surface area contributed by atoms with Gasteiger partial charge in [0, 0.05) is 57.1 Å². The van der Waals surface area contributed by atoms with Crippen LogP contribution in [-0.2, 0) is 4.74 Å². The highest BCUT2D eigenvalue weighted by molar-refractivity contribution is 6.31. The molecule has 68 heavy (non-hydrogen) atoms. The van der Waals surface area contributed by atoms with Gasteiger partial charge in [-0.25, -0.2) is 24.4 Å². The standard InChI is InChI=1S/C23H23ClN8O4.C21H21ClN8O2/c1-36-23(35)31-7-5-15(6-8-31)27-19-11-18(26-16-4-2-3-14(24)10-16)29-20-13(12-25-32(19)20)9-17-21(33)30-22(34)28-17;22-13-2-1-3-15(9-13)25-17-10-18(26-14-4-6-23-7-5-14)30-19(28-17)12(11-24-30)8-16-20(31)29-21(32)27-16/h2-4,9-12,15,26,33H,5-8H2,1H3,(H2,28,30,34);1-3,8-11,14,23,25,31H,4-7H2,(H2,27,29,32). The number of carbonyl (C=O) groups excluding carboxylic acids is 1. The first-order chi connectivity index (χ1) is 32.9. The summed E-state index contributed by atoms with van der Waals surface area (Å²) in [6.45, 7) is 2.93. The number of amides is 1. The number of aromatic nitrogens is 10. The summed E-state index contributed by atoms with van der Waals surface area (Å²) in [5.41, 5.74) is 3.19. The van der Waals surface area contributed by atoms with Crippen molar-refractivity contribution in [2.24, 2.45) is 9.98 Å². The quantitative estimate of drug-likeness (QED) is 0.106. The summed E-state index contributed by atoms with van der Waals surface area (Å²) in [6, 6.07) is 18.4. The first-order valence-electron chi connectivity index (χ1n) is 21.4. The molecule has 0 spiro atoms. The Morgan fingerprint density at radius 3 is 1.62 bits per heavy atom. The van der Waals surface area contributed by atoms with Gasteiger partial charge in [0.05, 0.1) is 31.6 Å². The van der Waals surface area contributed by atoms with E-state index in [9.17, 15) is 24.6 Å². The number of hydrogen-bond donors (Lipinski definition) is 9. The van der Waals surface area contributed by atoms with Crippen molar-refractivity contribution in [3.05, 3.63) is 137 Å². The first kappa shape index (κ1) is 45.2. The number of fused-ring (bicyclic) bond motifs is 2. The minimum absolute atomic E-state index is 0.0303. The smallest absolute Gasteiger partial charge is 0.409 e. The van der Waals surface area contributed by atoms with E-state index in [1.165, 1.54) is 7.11 Å². The average molecular weight is 964 g/mol. The van der Waals surface area contributed by atoms with Gasteiger partial charge < -0.3 is 45.8 Å². The van der Waals surface area contributed by atoms with Crippen LogP contribution in [0.1, 0.15) is 37.1 Å². The Labute approximate surface area is 393 Å². The molecule has 1 amide bonds. The Balaban J connectivity index is 0.000000171. The number of methoxy groups -OCH3 is 1. The minimum atomic E-state index is -0.527. The number of aromatic hydroxyl groups is 2. The molecule has 0 unspecified atom stereocenters. The number of H-pyrrole nitrogens is 4. The van der Waals surface area contributed by atoms with Gasteiger partial charge >= 0.3 is 17.5 Å². The fourth-order valence-electron chi connectivity index (χ4n) is 7.78. The minimum Gasteiger partial charge on any atom is -0.493 e. The molecule has 2 aliphatic rings.